The molecule has 3 saturated carbocycles. The van der Waals surface area contributed by atoms with E-state index in [1.54, 1.807) is 0 Å². The number of amides is 1. The van der Waals surface area contributed by atoms with E-state index >= 15 is 0 Å². The fraction of sp³-hybridized carbons (Fsp3) is 0.929. The van der Waals surface area contributed by atoms with E-state index in [4.69, 9.17) is 4.74 Å². The minimum absolute atomic E-state index is 0.0841. The number of alkyl carbamates (subject to hydrolysis) is 1. The number of rotatable bonds is 2. The van der Waals surface area contributed by atoms with Crippen molar-refractivity contribution in [2.24, 2.45) is 5.41 Å². The maximum absolute atomic E-state index is 11.9. The zero-order valence-electron chi connectivity index (χ0n) is 11.7. The fourth-order valence-corrected chi connectivity index (χ4v) is 3.21. The highest BCUT2D eigenvalue weighted by molar-refractivity contribution is 5.68. The summed E-state index contributed by atoms with van der Waals surface area (Å²) < 4.78 is 5.34. The van der Waals surface area contributed by atoms with Gasteiger partial charge in [-0.15, -0.1) is 0 Å². The molecule has 3 rings (SSSR count). The Bertz CT molecular complexity index is 308. The highest BCUT2D eigenvalue weighted by Gasteiger charge is 2.49. The lowest BCUT2D eigenvalue weighted by atomic mass is 9.57. The molecule has 0 radical (unpaired) electrons. The molecule has 0 saturated heterocycles. The molecule has 0 aromatic rings. The van der Waals surface area contributed by atoms with Gasteiger partial charge in [-0.05, 0) is 64.7 Å². The Morgan fingerprint density at radius 3 is 2.06 bits per heavy atom. The molecule has 1 amide bonds. The van der Waals surface area contributed by atoms with Crippen LogP contribution in [0.1, 0.15) is 59.3 Å². The van der Waals surface area contributed by atoms with E-state index < -0.39 is 5.60 Å². The van der Waals surface area contributed by atoms with E-state index in [0.29, 0.717) is 0 Å². The molecule has 0 aromatic heterocycles. The number of aliphatic hydroxyl groups excluding tert-OH is 1. The van der Waals surface area contributed by atoms with E-state index in [9.17, 15) is 9.90 Å². The predicted octanol–water partition coefficient (Wildman–Crippen LogP) is 2.60. The van der Waals surface area contributed by atoms with Crippen molar-refractivity contribution >= 4 is 6.09 Å². The lowest BCUT2D eigenvalue weighted by Gasteiger charge is -2.52. The van der Waals surface area contributed by atoms with Gasteiger partial charge in [-0.25, -0.2) is 4.79 Å². The van der Waals surface area contributed by atoms with Gasteiger partial charge in [-0.2, -0.15) is 0 Å². The van der Waals surface area contributed by atoms with Crippen LogP contribution in [0.2, 0.25) is 0 Å². The Labute approximate surface area is 109 Å². The van der Waals surface area contributed by atoms with E-state index in [-0.39, 0.29) is 23.7 Å². The first-order chi connectivity index (χ1) is 8.28. The van der Waals surface area contributed by atoms with Crippen LogP contribution in [-0.4, -0.2) is 28.9 Å². The molecule has 3 fully saturated rings. The van der Waals surface area contributed by atoms with Gasteiger partial charge in [0.2, 0.25) is 0 Å². The molecule has 0 aliphatic heterocycles. The van der Waals surface area contributed by atoms with Gasteiger partial charge in [0.15, 0.2) is 0 Å². The van der Waals surface area contributed by atoms with Gasteiger partial charge in [0, 0.05) is 12.1 Å². The number of carbonyl (C=O) groups is 1. The van der Waals surface area contributed by atoms with E-state index in [0.717, 1.165) is 38.5 Å². The standard InChI is InChI=1S/C14H25NO3/c1-12(2,3)18-11(17)15-14-7-4-13(10-16,5-8-14)6-9-14/h16H,4-10H2,1-3H3,(H,15,17). The maximum Gasteiger partial charge on any atom is 0.408 e. The number of hydrogen-bond acceptors (Lipinski definition) is 3. The molecule has 3 aliphatic carbocycles. The number of ether oxygens (including phenoxy) is 1. The number of nitrogens with one attached hydrogen (secondary N) is 1. The van der Waals surface area contributed by atoms with E-state index in [1.165, 1.54) is 0 Å². The molecule has 4 nitrogen and oxygen atoms in total. The zero-order valence-corrected chi connectivity index (χ0v) is 11.7. The summed E-state index contributed by atoms with van der Waals surface area (Å²) in [6, 6.07) is 0. The number of fused-ring (bicyclic) bond motifs is 3. The van der Waals surface area contributed by atoms with Gasteiger partial charge in [-0.3, -0.25) is 0 Å². The third-order valence-electron chi connectivity index (χ3n) is 4.50. The van der Waals surface area contributed by atoms with Crippen molar-refractivity contribution in [3.05, 3.63) is 0 Å². The van der Waals surface area contributed by atoms with Crippen LogP contribution in [0.15, 0.2) is 0 Å². The summed E-state index contributed by atoms with van der Waals surface area (Å²) in [6.45, 7) is 5.92. The molecule has 0 atom stereocenters. The van der Waals surface area contributed by atoms with Crippen molar-refractivity contribution in [1.29, 1.82) is 0 Å². The van der Waals surface area contributed by atoms with Crippen LogP contribution in [0.5, 0.6) is 0 Å². The molecule has 4 heteroatoms. The average Bonchev–Trinajstić information content (AvgIpc) is 2.28. The Morgan fingerprint density at radius 1 is 1.17 bits per heavy atom. The Hall–Kier alpha value is -0.770. The Balaban J connectivity index is 1.93. The van der Waals surface area contributed by atoms with Crippen molar-refractivity contribution in [3.63, 3.8) is 0 Å². The van der Waals surface area contributed by atoms with Crippen LogP contribution in [-0.2, 0) is 4.74 Å². The quantitative estimate of drug-likeness (QED) is 0.797. The smallest absolute Gasteiger partial charge is 0.408 e. The van der Waals surface area contributed by atoms with Crippen LogP contribution in [0, 0.1) is 5.41 Å². The fourth-order valence-electron chi connectivity index (χ4n) is 3.21. The van der Waals surface area contributed by atoms with Crippen LogP contribution in [0.3, 0.4) is 0 Å². The third-order valence-corrected chi connectivity index (χ3v) is 4.50. The molecule has 0 heterocycles. The van der Waals surface area contributed by atoms with Gasteiger partial charge in [-0.1, -0.05) is 0 Å². The minimum atomic E-state index is -0.446. The van der Waals surface area contributed by atoms with Crippen LogP contribution >= 0.6 is 0 Å². The highest BCUT2D eigenvalue weighted by atomic mass is 16.6. The van der Waals surface area contributed by atoms with E-state index in [1.807, 2.05) is 20.8 Å². The van der Waals surface area contributed by atoms with Crippen LogP contribution < -0.4 is 5.32 Å². The second kappa shape index (κ2) is 4.41. The molecular weight excluding hydrogens is 230 g/mol. The molecular formula is C14H25NO3. The van der Waals surface area contributed by atoms with Crippen molar-refractivity contribution in [1.82, 2.24) is 5.32 Å². The third kappa shape index (κ3) is 2.79. The molecule has 3 aliphatic rings. The predicted molar refractivity (Wildman–Crippen MR) is 69.3 cm³/mol. The number of hydrogen-bond donors (Lipinski definition) is 2. The molecule has 2 bridgehead atoms. The van der Waals surface area contributed by atoms with Gasteiger partial charge in [0.05, 0.1) is 0 Å². The summed E-state index contributed by atoms with van der Waals surface area (Å²) in [5, 5.41) is 12.5. The van der Waals surface area contributed by atoms with Crippen LogP contribution in [0.4, 0.5) is 4.79 Å². The largest absolute Gasteiger partial charge is 0.444 e. The van der Waals surface area contributed by atoms with Gasteiger partial charge in [0.1, 0.15) is 5.60 Å². The highest BCUT2D eigenvalue weighted by Crippen LogP contribution is 2.51. The summed E-state index contributed by atoms with van der Waals surface area (Å²) >= 11 is 0. The van der Waals surface area contributed by atoms with E-state index in [2.05, 4.69) is 5.32 Å². The molecule has 2 N–H and O–H groups in total. The monoisotopic (exact) mass is 255 g/mol. The first-order valence-corrected chi connectivity index (χ1v) is 6.90. The van der Waals surface area contributed by atoms with Crippen molar-refractivity contribution in [2.75, 3.05) is 6.61 Å². The van der Waals surface area contributed by atoms with Crippen LogP contribution in [0.25, 0.3) is 0 Å². The zero-order chi connectivity index (χ0) is 13.4. The average molecular weight is 255 g/mol. The molecule has 104 valence electrons. The normalized spacial score (nSPS) is 35.3. The molecule has 0 spiro atoms. The summed E-state index contributed by atoms with van der Waals surface area (Å²) in [7, 11) is 0. The lowest BCUT2D eigenvalue weighted by Crippen LogP contribution is -2.58. The maximum atomic E-state index is 11.9. The molecule has 0 unspecified atom stereocenters. The topological polar surface area (TPSA) is 58.6 Å². The summed E-state index contributed by atoms with van der Waals surface area (Å²) in [5.74, 6) is 0. The molecule has 18 heavy (non-hydrogen) atoms. The molecule has 0 aromatic carbocycles. The van der Waals surface area contributed by atoms with Crippen molar-refractivity contribution in [3.8, 4) is 0 Å². The Morgan fingerprint density at radius 2 is 1.67 bits per heavy atom. The first-order valence-electron chi connectivity index (χ1n) is 6.90. The first kappa shape index (κ1) is 13.7. The number of aliphatic hydroxyl groups is 1. The van der Waals surface area contributed by atoms with Crippen molar-refractivity contribution < 1.29 is 14.6 Å². The summed E-state index contributed by atoms with van der Waals surface area (Å²) in [6.07, 6.45) is 5.63. The second-order valence-corrected chi connectivity index (χ2v) is 7.07. The SMILES string of the molecule is CC(C)(C)OC(=O)NC12CCC(CO)(CC1)CC2. The Kier molecular flexibility index (Phi) is 3.34. The van der Waals surface area contributed by atoms with Crippen molar-refractivity contribution in [2.45, 2.75) is 70.4 Å². The summed E-state index contributed by atoms with van der Waals surface area (Å²) in [4.78, 5) is 11.9. The summed E-state index contributed by atoms with van der Waals surface area (Å²) in [5.41, 5.74) is -0.393. The second-order valence-electron chi connectivity index (χ2n) is 7.07. The van der Waals surface area contributed by atoms with Gasteiger partial charge < -0.3 is 15.2 Å². The van der Waals surface area contributed by atoms with Gasteiger partial charge in [0.25, 0.3) is 0 Å². The number of carbonyl (C=O) groups excluding carboxylic acids is 1. The lowest BCUT2D eigenvalue weighted by molar-refractivity contribution is -0.0231. The minimum Gasteiger partial charge on any atom is -0.444 e. The van der Waals surface area contributed by atoms with Gasteiger partial charge >= 0.3 is 6.09 Å².